The van der Waals surface area contributed by atoms with Crippen LogP contribution in [0.15, 0.2) is 42.6 Å². The van der Waals surface area contributed by atoms with E-state index in [9.17, 15) is 31.2 Å². The third-order valence-electron chi connectivity index (χ3n) is 6.86. The van der Waals surface area contributed by atoms with Gasteiger partial charge in [-0.25, -0.2) is 8.42 Å². The third kappa shape index (κ3) is 7.44. The maximum atomic E-state index is 12.8. The van der Waals surface area contributed by atoms with Crippen molar-refractivity contribution in [1.29, 1.82) is 0 Å². The predicted octanol–water partition coefficient (Wildman–Crippen LogP) is 2.73. The van der Waals surface area contributed by atoms with Crippen molar-refractivity contribution in [2.45, 2.75) is 49.9 Å². The lowest BCUT2D eigenvalue weighted by Gasteiger charge is -2.46. The third-order valence-corrected chi connectivity index (χ3v) is 7.46. The summed E-state index contributed by atoms with van der Waals surface area (Å²) in [6, 6.07) is 8.01. The molecule has 0 unspecified atom stereocenters. The zero-order valence-electron chi connectivity index (χ0n) is 20.8. The second kappa shape index (κ2) is 11.3. The second-order valence-corrected chi connectivity index (χ2v) is 11.6. The van der Waals surface area contributed by atoms with E-state index in [0.717, 1.165) is 55.8 Å². The van der Waals surface area contributed by atoms with Gasteiger partial charge < -0.3 is 10.6 Å². The summed E-state index contributed by atoms with van der Waals surface area (Å²) in [6.45, 7) is 1.09. The van der Waals surface area contributed by atoms with Crippen molar-refractivity contribution in [2.75, 3.05) is 30.6 Å². The molecule has 1 aliphatic heterocycles. The molecule has 1 saturated carbocycles. The number of carbonyl (C=O) groups is 2. The standard InChI is InChI=1S/C25H30F3N5O4S/c1-38(36,37)32-19-7-10-22(29-12-19)16-5-8-21(9-6-16)33-14-20(15-33)31-23(34)13-30-24(35)17-3-2-4-18(11-17)25(26,27)28/h2-4,7,10-12,16,20-21,32H,5-6,8-9,13-15H2,1H3,(H,30,35)(H,31,34). The number of sulfonamides is 1. The highest BCUT2D eigenvalue weighted by Crippen LogP contribution is 2.35. The van der Waals surface area contributed by atoms with Crippen LogP contribution in [-0.4, -0.2) is 68.1 Å². The monoisotopic (exact) mass is 553 g/mol. The SMILES string of the molecule is CS(=O)(=O)Nc1ccc(C2CCC(N3CC(NC(=O)CNC(=O)c4cccc(C(F)(F)F)c4)C3)CC2)nc1. The van der Waals surface area contributed by atoms with E-state index < -0.39 is 33.6 Å². The number of aromatic nitrogens is 1. The summed E-state index contributed by atoms with van der Waals surface area (Å²) >= 11 is 0. The maximum Gasteiger partial charge on any atom is 0.416 e. The molecule has 2 heterocycles. The van der Waals surface area contributed by atoms with Crippen LogP contribution in [0.1, 0.15) is 53.2 Å². The summed E-state index contributed by atoms with van der Waals surface area (Å²) in [5.41, 5.74) is 0.307. The van der Waals surface area contributed by atoms with Crippen LogP contribution in [0.25, 0.3) is 0 Å². The molecular weight excluding hydrogens is 523 g/mol. The molecular formula is C25H30F3N5O4S. The second-order valence-electron chi connectivity index (χ2n) is 9.83. The Balaban J connectivity index is 1.15. The largest absolute Gasteiger partial charge is 0.416 e. The highest BCUT2D eigenvalue weighted by Gasteiger charge is 2.36. The Morgan fingerprint density at radius 1 is 1.08 bits per heavy atom. The van der Waals surface area contributed by atoms with E-state index in [0.29, 0.717) is 30.7 Å². The van der Waals surface area contributed by atoms with Crippen LogP contribution in [0.3, 0.4) is 0 Å². The van der Waals surface area contributed by atoms with Gasteiger partial charge in [-0.05, 0) is 56.0 Å². The highest BCUT2D eigenvalue weighted by molar-refractivity contribution is 7.92. The van der Waals surface area contributed by atoms with Crippen molar-refractivity contribution in [3.8, 4) is 0 Å². The van der Waals surface area contributed by atoms with Crippen LogP contribution in [0.2, 0.25) is 0 Å². The summed E-state index contributed by atoms with van der Waals surface area (Å²) in [4.78, 5) is 31.1. The fourth-order valence-corrected chi connectivity index (χ4v) is 5.49. The van der Waals surface area contributed by atoms with Crippen LogP contribution in [-0.2, 0) is 21.0 Å². The lowest BCUT2D eigenvalue weighted by atomic mass is 9.82. The number of benzene rings is 1. The number of pyridine rings is 1. The van der Waals surface area contributed by atoms with E-state index in [1.165, 1.54) is 12.3 Å². The lowest BCUT2D eigenvalue weighted by Crippen LogP contribution is -2.63. The van der Waals surface area contributed by atoms with Gasteiger partial charge in [-0.15, -0.1) is 0 Å². The first kappa shape index (κ1) is 27.8. The Kier molecular flexibility index (Phi) is 8.26. The van der Waals surface area contributed by atoms with Crippen molar-refractivity contribution in [3.05, 3.63) is 59.4 Å². The molecule has 1 aromatic carbocycles. The number of carbonyl (C=O) groups excluding carboxylic acids is 2. The van der Waals surface area contributed by atoms with Crippen molar-refractivity contribution in [2.24, 2.45) is 0 Å². The van der Waals surface area contributed by atoms with Gasteiger partial charge in [-0.2, -0.15) is 13.2 Å². The van der Waals surface area contributed by atoms with Crippen molar-refractivity contribution in [3.63, 3.8) is 0 Å². The fourth-order valence-electron chi connectivity index (χ4n) is 4.94. The Morgan fingerprint density at radius 3 is 2.39 bits per heavy atom. The van der Waals surface area contributed by atoms with E-state index in [-0.39, 0.29) is 18.2 Å². The van der Waals surface area contributed by atoms with Gasteiger partial charge in [0.25, 0.3) is 5.91 Å². The number of hydrogen-bond acceptors (Lipinski definition) is 6. The highest BCUT2D eigenvalue weighted by atomic mass is 32.2. The van der Waals surface area contributed by atoms with Crippen molar-refractivity contribution >= 4 is 27.5 Å². The van der Waals surface area contributed by atoms with E-state index in [1.54, 1.807) is 6.07 Å². The number of likely N-dealkylation sites (tertiary alicyclic amines) is 1. The minimum absolute atomic E-state index is 0.0396. The zero-order chi connectivity index (χ0) is 27.5. The Hall–Kier alpha value is -3.19. The lowest BCUT2D eigenvalue weighted by molar-refractivity contribution is -0.137. The van der Waals surface area contributed by atoms with Gasteiger partial charge in [0.1, 0.15) is 0 Å². The number of rotatable bonds is 8. The minimum Gasteiger partial charge on any atom is -0.349 e. The zero-order valence-corrected chi connectivity index (χ0v) is 21.6. The molecule has 1 saturated heterocycles. The summed E-state index contributed by atoms with van der Waals surface area (Å²) in [7, 11) is -3.34. The van der Waals surface area contributed by atoms with Crippen LogP contribution in [0, 0.1) is 0 Å². The fraction of sp³-hybridized carbons (Fsp3) is 0.480. The molecule has 2 aromatic rings. The first-order valence-corrected chi connectivity index (χ1v) is 14.2. The smallest absolute Gasteiger partial charge is 0.349 e. The molecule has 2 amide bonds. The summed E-state index contributed by atoms with van der Waals surface area (Å²) in [5.74, 6) is -0.816. The molecule has 2 fully saturated rings. The van der Waals surface area contributed by atoms with Crippen LogP contribution in [0.5, 0.6) is 0 Å². The van der Waals surface area contributed by atoms with Gasteiger partial charge in [0.2, 0.25) is 15.9 Å². The van der Waals surface area contributed by atoms with Gasteiger partial charge >= 0.3 is 6.18 Å². The number of alkyl halides is 3. The molecule has 1 aliphatic carbocycles. The molecule has 4 rings (SSSR count). The van der Waals surface area contributed by atoms with Gasteiger partial charge in [0.05, 0.1) is 36.3 Å². The Morgan fingerprint density at radius 2 is 1.79 bits per heavy atom. The van der Waals surface area contributed by atoms with E-state index in [4.69, 9.17) is 0 Å². The van der Waals surface area contributed by atoms with Crippen LogP contribution in [0.4, 0.5) is 18.9 Å². The normalized spacial score (nSPS) is 20.8. The topological polar surface area (TPSA) is 121 Å². The summed E-state index contributed by atoms with van der Waals surface area (Å²) < 4.78 is 63.6. The molecule has 38 heavy (non-hydrogen) atoms. The van der Waals surface area contributed by atoms with E-state index >= 15 is 0 Å². The van der Waals surface area contributed by atoms with E-state index in [2.05, 4.69) is 25.2 Å². The van der Waals surface area contributed by atoms with Crippen molar-refractivity contribution < 1.29 is 31.2 Å². The number of anilines is 1. The molecule has 0 atom stereocenters. The average molecular weight is 554 g/mol. The minimum atomic E-state index is -4.55. The number of amides is 2. The molecule has 9 nitrogen and oxygen atoms in total. The van der Waals surface area contributed by atoms with Crippen LogP contribution >= 0.6 is 0 Å². The molecule has 0 spiro atoms. The van der Waals surface area contributed by atoms with Gasteiger partial charge in [-0.3, -0.25) is 24.2 Å². The molecule has 2 aliphatic rings. The number of nitrogens with one attached hydrogen (secondary N) is 3. The van der Waals surface area contributed by atoms with E-state index in [1.807, 2.05) is 6.07 Å². The number of hydrogen-bond donors (Lipinski definition) is 3. The summed E-state index contributed by atoms with van der Waals surface area (Å²) in [6.07, 6.45) is 1.98. The van der Waals surface area contributed by atoms with Crippen LogP contribution < -0.4 is 15.4 Å². The Labute approximate surface area is 219 Å². The number of nitrogens with zero attached hydrogens (tertiary/aromatic N) is 2. The molecule has 0 bridgehead atoms. The first-order valence-electron chi connectivity index (χ1n) is 12.3. The molecule has 206 valence electrons. The first-order chi connectivity index (χ1) is 17.9. The average Bonchev–Trinajstić information content (AvgIpc) is 2.84. The quantitative estimate of drug-likeness (QED) is 0.463. The van der Waals surface area contributed by atoms with Gasteiger partial charge in [0, 0.05) is 36.3 Å². The Bertz CT molecular complexity index is 1260. The molecule has 1 aromatic heterocycles. The molecule has 3 N–H and O–H groups in total. The molecule has 13 heteroatoms. The summed E-state index contributed by atoms with van der Waals surface area (Å²) in [5, 5.41) is 5.22. The van der Waals surface area contributed by atoms with Crippen molar-refractivity contribution in [1.82, 2.24) is 20.5 Å². The molecule has 0 radical (unpaired) electrons. The maximum absolute atomic E-state index is 12.8. The van der Waals surface area contributed by atoms with Gasteiger partial charge in [-0.1, -0.05) is 6.07 Å². The number of halogens is 3. The predicted molar refractivity (Wildman–Crippen MR) is 135 cm³/mol. The van der Waals surface area contributed by atoms with Gasteiger partial charge in [0.15, 0.2) is 0 Å².